The molecule has 0 spiro atoms. The number of rotatable bonds is 2. The molecule has 0 unspecified atom stereocenters. The van der Waals surface area contributed by atoms with E-state index in [1.807, 2.05) is 0 Å². The predicted octanol–water partition coefficient (Wildman–Crippen LogP) is -8.97. The van der Waals surface area contributed by atoms with Crippen molar-refractivity contribution in [2.75, 3.05) is 6.54 Å². The van der Waals surface area contributed by atoms with E-state index in [9.17, 15) is 0 Å². The smallest absolute Gasteiger partial charge is 0.652 e. The number of carbonyl (C=O) groups is 1. The van der Waals surface area contributed by atoms with Gasteiger partial charge in [-0.2, -0.15) is 0 Å². The van der Waals surface area contributed by atoms with Gasteiger partial charge in [-0.3, -0.25) is 10.4 Å². The fraction of sp³-hybridized carbons (Fsp3) is 0.167. The van der Waals surface area contributed by atoms with E-state index in [1.165, 1.54) is 5.01 Å². The van der Waals surface area contributed by atoms with E-state index in [2.05, 4.69) is 36.4 Å². The van der Waals surface area contributed by atoms with Crippen LogP contribution >= 0.6 is 24.4 Å². The Morgan fingerprint density at radius 2 is 1.71 bits per heavy atom. The molecule has 0 rings (SSSR count). The summed E-state index contributed by atoms with van der Waals surface area (Å²) in [5.74, 6) is 0. The minimum absolute atomic E-state index is 0. The van der Waals surface area contributed by atoms with Crippen molar-refractivity contribution in [1.29, 1.82) is 0 Å². The molecule has 0 bridgehead atoms. The van der Waals surface area contributed by atoms with Gasteiger partial charge in [-0.15, -0.1) is 6.58 Å². The van der Waals surface area contributed by atoms with Gasteiger partial charge in [0.15, 0.2) is 10.2 Å². The van der Waals surface area contributed by atoms with Gasteiger partial charge in [0.05, 0.1) is 6.54 Å². The number of nitrogens with one attached hydrogen (secondary N) is 1. The van der Waals surface area contributed by atoms with E-state index in [4.69, 9.17) is 26.5 Å². The van der Waals surface area contributed by atoms with Crippen LogP contribution in [0.3, 0.4) is 0 Å². The summed E-state index contributed by atoms with van der Waals surface area (Å²) in [6.45, 7) is 3.97. The van der Waals surface area contributed by atoms with Crippen LogP contribution in [0.1, 0.15) is 0 Å². The van der Waals surface area contributed by atoms with Crippen LogP contribution in [0, 0.1) is 0 Å². The van der Waals surface area contributed by atoms with Gasteiger partial charge in [0.25, 0.3) is 0 Å². The van der Waals surface area contributed by atoms with Crippen molar-refractivity contribution in [3.8, 4) is 0 Å². The van der Waals surface area contributed by atoms with Gasteiger partial charge in [0, 0.05) is 0 Å². The normalized spacial score (nSPS) is 6.82. The maximum absolute atomic E-state index is 8.33. The summed E-state index contributed by atoms with van der Waals surface area (Å²) in [5, 5.41) is 18.4. The Balaban J connectivity index is -0.000000123. The molecule has 0 aliphatic carbocycles. The van der Waals surface area contributed by atoms with Crippen molar-refractivity contribution >= 4 is 40.8 Å². The fourth-order valence-electron chi connectivity index (χ4n) is 0.453. The van der Waals surface area contributed by atoms with Gasteiger partial charge < -0.3 is 26.5 Å². The zero-order chi connectivity index (χ0) is 12.4. The first kappa shape index (κ1) is 26.1. The summed E-state index contributed by atoms with van der Waals surface area (Å²) < 4.78 is 0. The summed E-state index contributed by atoms with van der Waals surface area (Å²) in [7, 11) is 0. The molecular formula is C6H10N4Na2O3S2. The maximum Gasteiger partial charge on any atom is 1.00 e. The van der Waals surface area contributed by atoms with Crippen molar-refractivity contribution in [3.63, 3.8) is 0 Å². The van der Waals surface area contributed by atoms with E-state index in [0.29, 0.717) is 6.54 Å². The molecule has 0 aliphatic heterocycles. The molecule has 86 valence electrons. The Hall–Kier alpha value is 0.390. The third-order valence-electron chi connectivity index (χ3n) is 0.823. The first-order valence-corrected chi connectivity index (χ1v) is 4.24. The SMILES string of the molecule is C=CCN(NC(N)=S)C(N)=S.O=C([O-])[O-].[Na+].[Na+]. The summed E-state index contributed by atoms with van der Waals surface area (Å²) in [5.41, 5.74) is 13.1. The van der Waals surface area contributed by atoms with E-state index in [1.54, 1.807) is 6.08 Å². The van der Waals surface area contributed by atoms with Crippen LogP contribution in [-0.2, 0) is 0 Å². The predicted molar refractivity (Wildman–Crippen MR) is 59.0 cm³/mol. The van der Waals surface area contributed by atoms with Gasteiger partial charge in [0.1, 0.15) is 0 Å². The largest absolute Gasteiger partial charge is 1.00 e. The Bertz CT molecular complexity index is 264. The van der Waals surface area contributed by atoms with Gasteiger partial charge in [-0.05, 0) is 30.6 Å². The zero-order valence-electron chi connectivity index (χ0n) is 9.63. The molecule has 0 aliphatic rings. The average molecular weight is 296 g/mol. The topological polar surface area (TPSA) is 130 Å². The molecule has 0 fully saturated rings. The Labute approximate surface area is 154 Å². The van der Waals surface area contributed by atoms with E-state index in [-0.39, 0.29) is 69.3 Å². The van der Waals surface area contributed by atoms with Crippen LogP contribution in [0.5, 0.6) is 0 Å². The van der Waals surface area contributed by atoms with Crippen molar-refractivity contribution in [3.05, 3.63) is 12.7 Å². The molecule has 0 amide bonds. The number of nitrogens with zero attached hydrogens (tertiary/aromatic N) is 1. The standard InChI is InChI=1S/C5H10N4S2.CH2O3.2Na/c1-2-3-9(5(7)11)8-4(6)10;2-1(3)4;;/h2H,1,3H2,(H2,7,11)(H3,6,8,10);(H2,2,3,4);;/q;;2*+1/p-2. The minimum Gasteiger partial charge on any atom is -0.652 e. The van der Waals surface area contributed by atoms with Crippen molar-refractivity contribution in [1.82, 2.24) is 10.4 Å². The molecule has 0 aromatic carbocycles. The maximum atomic E-state index is 8.33. The average Bonchev–Trinajstić information content (AvgIpc) is 2.01. The third kappa shape index (κ3) is 26.2. The Morgan fingerprint density at radius 3 is 1.88 bits per heavy atom. The van der Waals surface area contributed by atoms with Crippen LogP contribution in [0.4, 0.5) is 4.79 Å². The molecule has 0 saturated carbocycles. The number of carbonyl (C=O) groups excluding carboxylic acids is 1. The van der Waals surface area contributed by atoms with Gasteiger partial charge in [-0.1, -0.05) is 6.08 Å². The summed E-state index contributed by atoms with van der Waals surface area (Å²) >= 11 is 9.26. The summed E-state index contributed by atoms with van der Waals surface area (Å²) in [4.78, 5) is 8.33. The molecule has 0 heterocycles. The number of hydrogen-bond donors (Lipinski definition) is 3. The number of thiocarbonyl (C=S) groups is 2. The molecule has 0 saturated heterocycles. The number of carboxylic acid groups (broad SMARTS) is 2. The van der Waals surface area contributed by atoms with Crippen LogP contribution in [0.25, 0.3) is 0 Å². The quantitative estimate of drug-likeness (QED) is 0.197. The number of hydrazine groups is 1. The van der Waals surface area contributed by atoms with Crippen LogP contribution < -0.4 is 86.2 Å². The van der Waals surface area contributed by atoms with Gasteiger partial charge >= 0.3 is 59.1 Å². The van der Waals surface area contributed by atoms with Gasteiger partial charge in [-0.25, -0.2) is 0 Å². The number of nitrogens with two attached hydrogens (primary N) is 2. The summed E-state index contributed by atoms with van der Waals surface area (Å²) in [6, 6.07) is 0. The third-order valence-corrected chi connectivity index (χ3v) is 1.13. The fourth-order valence-corrected chi connectivity index (χ4v) is 0.683. The molecule has 5 N–H and O–H groups in total. The van der Waals surface area contributed by atoms with Crippen LogP contribution in [0.15, 0.2) is 12.7 Å². The minimum atomic E-state index is -2.33. The van der Waals surface area contributed by atoms with Gasteiger partial charge in [0.2, 0.25) is 0 Å². The molecule has 0 aromatic heterocycles. The first-order valence-electron chi connectivity index (χ1n) is 3.43. The van der Waals surface area contributed by atoms with Crippen molar-refractivity contribution < 1.29 is 74.1 Å². The van der Waals surface area contributed by atoms with Crippen molar-refractivity contribution in [2.45, 2.75) is 0 Å². The molecule has 0 aromatic rings. The molecular weight excluding hydrogens is 286 g/mol. The second kappa shape index (κ2) is 16.4. The first-order chi connectivity index (χ1) is 6.81. The zero-order valence-corrected chi connectivity index (χ0v) is 15.3. The molecule has 7 nitrogen and oxygen atoms in total. The van der Waals surface area contributed by atoms with Crippen molar-refractivity contribution in [2.24, 2.45) is 11.5 Å². The molecule has 0 radical (unpaired) electrons. The van der Waals surface area contributed by atoms with E-state index < -0.39 is 6.16 Å². The summed E-state index contributed by atoms with van der Waals surface area (Å²) in [6.07, 6.45) is -0.704. The van der Waals surface area contributed by atoms with E-state index in [0.717, 1.165) is 0 Å². The molecule has 0 atom stereocenters. The van der Waals surface area contributed by atoms with Crippen LogP contribution in [0.2, 0.25) is 0 Å². The second-order valence-electron chi connectivity index (χ2n) is 1.96. The van der Waals surface area contributed by atoms with Crippen LogP contribution in [-0.4, -0.2) is 27.9 Å². The molecule has 17 heavy (non-hydrogen) atoms. The Morgan fingerprint density at radius 1 is 1.35 bits per heavy atom. The second-order valence-corrected chi connectivity index (χ2v) is 2.82. The van der Waals surface area contributed by atoms with E-state index >= 15 is 0 Å². The monoisotopic (exact) mass is 296 g/mol. The number of hydrogen-bond acceptors (Lipinski definition) is 5. The molecule has 11 heteroatoms. The Kier molecular flexibility index (Phi) is 25.1.